The summed E-state index contributed by atoms with van der Waals surface area (Å²) >= 11 is 11.3. The Labute approximate surface area is 74.0 Å². The van der Waals surface area contributed by atoms with Crippen LogP contribution in [0.15, 0.2) is 6.20 Å². The number of aromatic nitrogens is 2. The lowest BCUT2D eigenvalue weighted by atomic mass is 10.2. The van der Waals surface area contributed by atoms with Gasteiger partial charge in [-0.15, -0.1) is 5.10 Å². The van der Waals surface area contributed by atoms with Crippen LogP contribution >= 0.6 is 23.2 Å². The fourth-order valence-corrected chi connectivity index (χ4v) is 1.37. The monoisotopic (exact) mass is 192 g/mol. The Kier molecular flexibility index (Phi) is 2.65. The predicted octanol–water partition coefficient (Wildman–Crippen LogP) is 1.84. The third-order valence-electron chi connectivity index (χ3n) is 1.21. The van der Waals surface area contributed by atoms with Gasteiger partial charge in [0.15, 0.2) is 5.15 Å². The first-order chi connectivity index (χ1) is 5.13. The predicted molar refractivity (Wildman–Crippen MR) is 42.7 cm³/mol. The van der Waals surface area contributed by atoms with Crippen molar-refractivity contribution in [2.45, 2.75) is 13.0 Å². The van der Waals surface area contributed by atoms with Crippen molar-refractivity contribution in [3.05, 3.63) is 21.9 Å². The lowest BCUT2D eigenvalue weighted by Crippen LogP contribution is -1.97. The highest BCUT2D eigenvalue weighted by atomic mass is 35.5. The molecule has 3 nitrogen and oxygen atoms in total. The molecular formula is C6H6Cl2N2O. The molecule has 1 aromatic heterocycles. The van der Waals surface area contributed by atoms with E-state index in [1.165, 1.54) is 6.20 Å². The van der Waals surface area contributed by atoms with Crippen molar-refractivity contribution in [1.29, 1.82) is 0 Å². The zero-order valence-electron chi connectivity index (χ0n) is 5.75. The molecule has 60 valence electrons. The molecule has 0 amide bonds. The molecule has 0 spiro atoms. The Bertz CT molecular complexity index is 245. The van der Waals surface area contributed by atoms with Crippen molar-refractivity contribution < 1.29 is 5.11 Å². The molecule has 1 atom stereocenters. The van der Waals surface area contributed by atoms with Gasteiger partial charge in [0, 0.05) is 5.56 Å². The summed E-state index contributed by atoms with van der Waals surface area (Å²) in [4.78, 5) is 0. The van der Waals surface area contributed by atoms with Crippen molar-refractivity contribution in [2.75, 3.05) is 0 Å². The highest BCUT2D eigenvalue weighted by Gasteiger charge is 2.11. The van der Waals surface area contributed by atoms with Gasteiger partial charge in [-0.05, 0) is 6.92 Å². The van der Waals surface area contributed by atoms with Crippen LogP contribution < -0.4 is 0 Å². The standard InChI is InChI=1S/C6H6Cl2N2O/c1-3(11)5-4(7)2-9-10-6(5)8/h2-3,11H,1H3. The lowest BCUT2D eigenvalue weighted by Gasteiger charge is -2.06. The second kappa shape index (κ2) is 3.34. The van der Waals surface area contributed by atoms with E-state index in [-0.39, 0.29) is 5.15 Å². The van der Waals surface area contributed by atoms with E-state index in [0.717, 1.165) is 0 Å². The van der Waals surface area contributed by atoms with Crippen molar-refractivity contribution >= 4 is 23.2 Å². The minimum Gasteiger partial charge on any atom is -0.389 e. The first-order valence-electron chi connectivity index (χ1n) is 2.97. The summed E-state index contributed by atoms with van der Waals surface area (Å²) in [6.45, 7) is 1.56. The minimum absolute atomic E-state index is 0.146. The summed E-state index contributed by atoms with van der Waals surface area (Å²) in [6.07, 6.45) is 0.626. The molecule has 0 aliphatic carbocycles. The zero-order chi connectivity index (χ0) is 8.43. The fourth-order valence-electron chi connectivity index (χ4n) is 0.724. The van der Waals surface area contributed by atoms with Crippen molar-refractivity contribution in [3.63, 3.8) is 0 Å². The molecule has 0 radical (unpaired) electrons. The largest absolute Gasteiger partial charge is 0.389 e. The number of hydrogen-bond acceptors (Lipinski definition) is 3. The highest BCUT2D eigenvalue weighted by Crippen LogP contribution is 2.26. The summed E-state index contributed by atoms with van der Waals surface area (Å²) in [6, 6.07) is 0. The third-order valence-corrected chi connectivity index (χ3v) is 1.79. The quantitative estimate of drug-likeness (QED) is 0.739. The van der Waals surface area contributed by atoms with Gasteiger partial charge in [-0.25, -0.2) is 0 Å². The summed E-state index contributed by atoms with van der Waals surface area (Å²) in [5.41, 5.74) is 0.420. The maximum atomic E-state index is 9.15. The van der Waals surface area contributed by atoms with E-state index in [1.807, 2.05) is 0 Å². The fraction of sp³-hybridized carbons (Fsp3) is 0.333. The van der Waals surface area contributed by atoms with Crippen LogP contribution in [0, 0.1) is 0 Å². The lowest BCUT2D eigenvalue weighted by molar-refractivity contribution is 0.199. The van der Waals surface area contributed by atoms with E-state index >= 15 is 0 Å². The number of rotatable bonds is 1. The molecular weight excluding hydrogens is 187 g/mol. The Morgan fingerprint density at radius 1 is 1.55 bits per heavy atom. The van der Waals surface area contributed by atoms with E-state index < -0.39 is 6.10 Å². The molecule has 0 aliphatic rings. The first-order valence-corrected chi connectivity index (χ1v) is 3.73. The van der Waals surface area contributed by atoms with Crippen molar-refractivity contribution in [2.24, 2.45) is 0 Å². The summed E-state index contributed by atoms with van der Waals surface area (Å²) in [7, 11) is 0. The molecule has 0 saturated carbocycles. The minimum atomic E-state index is -0.717. The van der Waals surface area contributed by atoms with E-state index in [9.17, 15) is 0 Å². The Morgan fingerprint density at radius 3 is 2.55 bits per heavy atom. The summed E-state index contributed by atoms with van der Waals surface area (Å²) in [5.74, 6) is 0. The van der Waals surface area contributed by atoms with Crippen LogP contribution in [0.3, 0.4) is 0 Å². The van der Waals surface area contributed by atoms with E-state index in [2.05, 4.69) is 10.2 Å². The Balaban J connectivity index is 3.21. The van der Waals surface area contributed by atoms with Gasteiger partial charge in [0.1, 0.15) is 0 Å². The van der Waals surface area contributed by atoms with Gasteiger partial charge in [-0.1, -0.05) is 23.2 Å². The van der Waals surface area contributed by atoms with Gasteiger partial charge in [0.05, 0.1) is 17.3 Å². The van der Waals surface area contributed by atoms with Crippen LogP contribution in [0.2, 0.25) is 10.2 Å². The van der Waals surface area contributed by atoms with E-state index in [0.29, 0.717) is 10.6 Å². The van der Waals surface area contributed by atoms with Gasteiger partial charge in [0.2, 0.25) is 0 Å². The van der Waals surface area contributed by atoms with Crippen molar-refractivity contribution in [3.8, 4) is 0 Å². The third kappa shape index (κ3) is 1.80. The van der Waals surface area contributed by atoms with Crippen molar-refractivity contribution in [1.82, 2.24) is 10.2 Å². The van der Waals surface area contributed by atoms with Crippen LogP contribution in [-0.2, 0) is 0 Å². The molecule has 1 heterocycles. The van der Waals surface area contributed by atoms with Crippen LogP contribution in [-0.4, -0.2) is 15.3 Å². The SMILES string of the molecule is CC(O)c1c(Cl)cnnc1Cl. The van der Waals surface area contributed by atoms with Gasteiger partial charge >= 0.3 is 0 Å². The number of aliphatic hydroxyl groups is 1. The maximum Gasteiger partial charge on any atom is 0.158 e. The molecule has 0 aromatic carbocycles. The van der Waals surface area contributed by atoms with Crippen LogP contribution in [0.25, 0.3) is 0 Å². The molecule has 0 bridgehead atoms. The average Bonchev–Trinajstić information content (AvgIpc) is 1.85. The number of aliphatic hydroxyl groups excluding tert-OH is 1. The molecule has 5 heteroatoms. The number of halogens is 2. The highest BCUT2D eigenvalue weighted by molar-refractivity contribution is 6.35. The molecule has 1 unspecified atom stereocenters. The maximum absolute atomic E-state index is 9.15. The molecule has 11 heavy (non-hydrogen) atoms. The van der Waals surface area contributed by atoms with E-state index in [1.54, 1.807) is 6.92 Å². The molecule has 1 N–H and O–H groups in total. The van der Waals surface area contributed by atoms with Crippen LogP contribution in [0.5, 0.6) is 0 Å². The molecule has 0 aliphatic heterocycles. The van der Waals surface area contributed by atoms with Gasteiger partial charge in [-0.2, -0.15) is 5.10 Å². The molecule has 0 saturated heterocycles. The Hall–Kier alpha value is -0.380. The molecule has 1 aromatic rings. The van der Waals surface area contributed by atoms with E-state index in [4.69, 9.17) is 28.3 Å². The van der Waals surface area contributed by atoms with Gasteiger partial charge in [-0.3, -0.25) is 0 Å². The van der Waals surface area contributed by atoms with Crippen LogP contribution in [0.4, 0.5) is 0 Å². The van der Waals surface area contributed by atoms with Crippen LogP contribution in [0.1, 0.15) is 18.6 Å². The Morgan fingerprint density at radius 2 is 2.18 bits per heavy atom. The number of hydrogen-bond donors (Lipinski definition) is 1. The zero-order valence-corrected chi connectivity index (χ0v) is 7.26. The molecule has 1 rings (SSSR count). The number of nitrogens with zero attached hydrogens (tertiary/aromatic N) is 2. The average molecular weight is 193 g/mol. The normalized spacial score (nSPS) is 13.1. The molecule has 0 fully saturated rings. The second-order valence-electron chi connectivity index (χ2n) is 2.07. The summed E-state index contributed by atoms with van der Waals surface area (Å²) < 4.78 is 0. The first kappa shape index (κ1) is 8.71. The second-order valence-corrected chi connectivity index (χ2v) is 2.84. The topological polar surface area (TPSA) is 46.0 Å². The van der Waals surface area contributed by atoms with Gasteiger partial charge in [0.25, 0.3) is 0 Å². The van der Waals surface area contributed by atoms with Gasteiger partial charge < -0.3 is 5.11 Å². The smallest absolute Gasteiger partial charge is 0.158 e. The summed E-state index contributed by atoms with van der Waals surface area (Å²) in [5, 5.41) is 16.7.